The SMILES string of the molecule is C[C@H](CNC(=O)CNC(=O)c1cc2ccccc2[nH]1)n1cc(CN2CCOCC2=O)nn1. The van der Waals surface area contributed by atoms with E-state index in [-0.39, 0.29) is 36.9 Å². The molecular weight excluding hydrogens is 414 g/mol. The van der Waals surface area contributed by atoms with Crippen LogP contribution in [0.15, 0.2) is 36.5 Å². The molecule has 11 heteroatoms. The summed E-state index contributed by atoms with van der Waals surface area (Å²) in [5, 5.41) is 14.5. The van der Waals surface area contributed by atoms with Crippen molar-refractivity contribution in [1.29, 1.82) is 0 Å². The molecule has 3 N–H and O–H groups in total. The number of hydrogen-bond acceptors (Lipinski definition) is 6. The first-order valence-corrected chi connectivity index (χ1v) is 10.4. The number of rotatable bonds is 8. The Morgan fingerprint density at radius 3 is 2.94 bits per heavy atom. The first-order valence-electron chi connectivity index (χ1n) is 10.4. The molecule has 2 aromatic heterocycles. The van der Waals surface area contributed by atoms with Gasteiger partial charge in [-0.2, -0.15) is 0 Å². The predicted molar refractivity (Wildman–Crippen MR) is 115 cm³/mol. The van der Waals surface area contributed by atoms with E-state index in [1.807, 2.05) is 31.2 Å². The number of carbonyl (C=O) groups excluding carboxylic acids is 3. The Labute approximate surface area is 184 Å². The van der Waals surface area contributed by atoms with Gasteiger partial charge in [0.15, 0.2) is 0 Å². The van der Waals surface area contributed by atoms with Gasteiger partial charge in [-0.1, -0.05) is 23.4 Å². The zero-order valence-corrected chi connectivity index (χ0v) is 17.7. The van der Waals surface area contributed by atoms with Crippen LogP contribution < -0.4 is 10.6 Å². The third-order valence-electron chi connectivity index (χ3n) is 5.22. The van der Waals surface area contributed by atoms with Gasteiger partial charge in [0.25, 0.3) is 5.91 Å². The number of hydrogen-bond donors (Lipinski definition) is 3. The van der Waals surface area contributed by atoms with Crippen LogP contribution in [0.3, 0.4) is 0 Å². The van der Waals surface area contributed by atoms with Crippen LogP contribution in [0, 0.1) is 0 Å². The van der Waals surface area contributed by atoms with Crippen molar-refractivity contribution in [3.8, 4) is 0 Å². The number of ether oxygens (including phenoxy) is 1. The summed E-state index contributed by atoms with van der Waals surface area (Å²) >= 11 is 0. The molecule has 32 heavy (non-hydrogen) atoms. The lowest BCUT2D eigenvalue weighted by molar-refractivity contribution is -0.143. The number of para-hydroxylation sites is 1. The van der Waals surface area contributed by atoms with Gasteiger partial charge in [-0.15, -0.1) is 5.10 Å². The molecule has 3 heterocycles. The monoisotopic (exact) mass is 439 g/mol. The van der Waals surface area contributed by atoms with Crippen LogP contribution in [0.5, 0.6) is 0 Å². The third-order valence-corrected chi connectivity index (χ3v) is 5.22. The highest BCUT2D eigenvalue weighted by molar-refractivity contribution is 5.99. The molecule has 0 unspecified atom stereocenters. The van der Waals surface area contributed by atoms with Crippen LogP contribution in [0.2, 0.25) is 0 Å². The average Bonchev–Trinajstić information content (AvgIpc) is 3.44. The second-order valence-electron chi connectivity index (χ2n) is 7.66. The van der Waals surface area contributed by atoms with E-state index in [9.17, 15) is 14.4 Å². The van der Waals surface area contributed by atoms with Crippen LogP contribution >= 0.6 is 0 Å². The molecule has 3 aromatic rings. The predicted octanol–water partition coefficient (Wildman–Crippen LogP) is 0.225. The third kappa shape index (κ3) is 5.11. The van der Waals surface area contributed by atoms with Gasteiger partial charge in [0.05, 0.1) is 31.9 Å². The van der Waals surface area contributed by atoms with Crippen LogP contribution in [-0.2, 0) is 20.9 Å². The van der Waals surface area contributed by atoms with Crippen molar-refractivity contribution in [1.82, 2.24) is 35.5 Å². The van der Waals surface area contributed by atoms with E-state index in [1.54, 1.807) is 21.8 Å². The van der Waals surface area contributed by atoms with E-state index in [2.05, 4.69) is 25.9 Å². The molecule has 1 fully saturated rings. The topological polar surface area (TPSA) is 134 Å². The lowest BCUT2D eigenvalue weighted by atomic mass is 10.2. The van der Waals surface area contributed by atoms with Crippen LogP contribution in [0.25, 0.3) is 10.9 Å². The quantitative estimate of drug-likeness (QED) is 0.460. The van der Waals surface area contributed by atoms with Crippen LogP contribution in [-0.4, -0.2) is 75.4 Å². The van der Waals surface area contributed by atoms with E-state index >= 15 is 0 Å². The van der Waals surface area contributed by atoms with E-state index < -0.39 is 0 Å². The number of benzene rings is 1. The molecule has 11 nitrogen and oxygen atoms in total. The fourth-order valence-electron chi connectivity index (χ4n) is 3.38. The molecule has 1 atom stereocenters. The Morgan fingerprint density at radius 1 is 1.28 bits per heavy atom. The van der Waals surface area contributed by atoms with Gasteiger partial charge < -0.3 is 25.3 Å². The summed E-state index contributed by atoms with van der Waals surface area (Å²) < 4.78 is 6.76. The van der Waals surface area contributed by atoms with Gasteiger partial charge in [0, 0.05) is 24.0 Å². The number of aromatic nitrogens is 4. The summed E-state index contributed by atoms with van der Waals surface area (Å²) in [5.74, 6) is -0.718. The summed E-state index contributed by atoms with van der Waals surface area (Å²) in [5.41, 5.74) is 1.94. The molecule has 0 spiro atoms. The number of nitrogens with zero attached hydrogens (tertiary/aromatic N) is 4. The highest BCUT2D eigenvalue weighted by Gasteiger charge is 2.20. The molecule has 0 saturated carbocycles. The minimum atomic E-state index is -0.344. The number of aromatic amines is 1. The largest absolute Gasteiger partial charge is 0.370 e. The lowest BCUT2D eigenvalue weighted by Crippen LogP contribution is -2.41. The standard InChI is InChI=1S/C21H25N7O4/c1-14(28-12-16(25-26-28)11-27-6-7-32-13-20(27)30)9-22-19(29)10-23-21(31)18-8-15-4-2-3-5-17(15)24-18/h2-5,8,12,14,24H,6-7,9-11,13H2,1H3,(H,22,29)(H,23,31)/t14-/m1/s1. The van der Waals surface area contributed by atoms with Crippen molar-refractivity contribution in [3.63, 3.8) is 0 Å². The van der Waals surface area contributed by atoms with Crippen molar-refractivity contribution >= 4 is 28.6 Å². The molecule has 1 aliphatic rings. The van der Waals surface area contributed by atoms with E-state index in [0.717, 1.165) is 10.9 Å². The van der Waals surface area contributed by atoms with Gasteiger partial charge in [-0.3, -0.25) is 14.4 Å². The summed E-state index contributed by atoms with van der Waals surface area (Å²) in [6.07, 6.45) is 1.76. The average molecular weight is 439 g/mol. The highest BCUT2D eigenvalue weighted by Crippen LogP contribution is 2.14. The molecule has 1 aromatic carbocycles. The number of fused-ring (bicyclic) bond motifs is 1. The number of carbonyl (C=O) groups is 3. The van der Waals surface area contributed by atoms with Crippen molar-refractivity contribution in [2.24, 2.45) is 0 Å². The van der Waals surface area contributed by atoms with Crippen LogP contribution in [0.4, 0.5) is 0 Å². The minimum Gasteiger partial charge on any atom is -0.370 e. The fourth-order valence-corrected chi connectivity index (χ4v) is 3.38. The smallest absolute Gasteiger partial charge is 0.268 e. The van der Waals surface area contributed by atoms with Crippen molar-refractivity contribution in [2.75, 3.05) is 32.8 Å². The van der Waals surface area contributed by atoms with Crippen LogP contribution in [0.1, 0.15) is 29.1 Å². The maximum atomic E-state index is 12.3. The molecular formula is C21H25N7O4. The zero-order chi connectivity index (χ0) is 22.5. The molecule has 1 saturated heterocycles. The Bertz CT molecular complexity index is 1090. The minimum absolute atomic E-state index is 0.0689. The van der Waals surface area contributed by atoms with E-state index in [1.165, 1.54) is 0 Å². The number of amides is 3. The van der Waals surface area contributed by atoms with Crippen molar-refractivity contribution < 1.29 is 19.1 Å². The molecule has 4 rings (SSSR count). The van der Waals surface area contributed by atoms with E-state index in [0.29, 0.717) is 37.6 Å². The van der Waals surface area contributed by atoms with Crippen molar-refractivity contribution in [3.05, 3.63) is 47.9 Å². The molecule has 168 valence electrons. The summed E-state index contributed by atoms with van der Waals surface area (Å²) in [4.78, 5) is 41.0. The number of morpholine rings is 1. The molecule has 0 radical (unpaired) electrons. The Morgan fingerprint density at radius 2 is 2.12 bits per heavy atom. The number of H-pyrrole nitrogens is 1. The normalized spacial score (nSPS) is 15.0. The zero-order valence-electron chi connectivity index (χ0n) is 17.7. The molecule has 0 aliphatic carbocycles. The summed E-state index contributed by atoms with van der Waals surface area (Å²) in [7, 11) is 0. The fraction of sp³-hybridized carbons (Fsp3) is 0.381. The van der Waals surface area contributed by atoms with Gasteiger partial charge in [-0.25, -0.2) is 4.68 Å². The highest BCUT2D eigenvalue weighted by atomic mass is 16.5. The van der Waals surface area contributed by atoms with Gasteiger partial charge in [0.1, 0.15) is 18.0 Å². The lowest BCUT2D eigenvalue weighted by Gasteiger charge is -2.25. The Balaban J connectivity index is 1.22. The number of nitrogens with one attached hydrogen (secondary N) is 3. The Hall–Kier alpha value is -3.73. The second kappa shape index (κ2) is 9.60. The maximum Gasteiger partial charge on any atom is 0.268 e. The second-order valence-corrected chi connectivity index (χ2v) is 7.66. The molecule has 0 bridgehead atoms. The van der Waals surface area contributed by atoms with E-state index in [4.69, 9.17) is 4.74 Å². The van der Waals surface area contributed by atoms with Gasteiger partial charge in [-0.05, 0) is 19.1 Å². The summed E-state index contributed by atoms with van der Waals surface area (Å²) in [6, 6.07) is 9.17. The first-order chi connectivity index (χ1) is 15.5. The van der Waals surface area contributed by atoms with Crippen molar-refractivity contribution in [2.45, 2.75) is 19.5 Å². The summed E-state index contributed by atoms with van der Waals surface area (Å²) in [6.45, 7) is 3.58. The molecule has 1 aliphatic heterocycles. The molecule has 3 amide bonds. The maximum absolute atomic E-state index is 12.3. The first kappa shape index (κ1) is 21.5. The van der Waals surface area contributed by atoms with Gasteiger partial charge >= 0.3 is 0 Å². The Kier molecular flexibility index (Phi) is 6.45. The van der Waals surface area contributed by atoms with Gasteiger partial charge in [0.2, 0.25) is 11.8 Å².